The Labute approximate surface area is 167 Å². The lowest BCUT2D eigenvalue weighted by molar-refractivity contribution is 0.0784. The van der Waals surface area contributed by atoms with E-state index in [1.165, 1.54) is 17.2 Å². The predicted molar refractivity (Wildman–Crippen MR) is 110 cm³/mol. The van der Waals surface area contributed by atoms with Gasteiger partial charge in [0.1, 0.15) is 5.56 Å². The highest BCUT2D eigenvalue weighted by Crippen LogP contribution is 2.19. The molecule has 148 valence electrons. The molecule has 0 radical (unpaired) electrons. The number of nitrogens with one attached hydrogen (secondary N) is 2. The maximum atomic E-state index is 12.9. The average molecular weight is 390 g/mol. The van der Waals surface area contributed by atoms with Crippen LogP contribution in [0.2, 0.25) is 0 Å². The van der Waals surface area contributed by atoms with E-state index in [4.69, 9.17) is 0 Å². The van der Waals surface area contributed by atoms with Gasteiger partial charge in [-0.15, -0.1) is 0 Å². The van der Waals surface area contributed by atoms with Crippen molar-refractivity contribution in [2.75, 3.05) is 7.05 Å². The lowest BCUT2D eigenvalue weighted by Crippen LogP contribution is -2.40. The van der Waals surface area contributed by atoms with Gasteiger partial charge in [-0.1, -0.05) is 24.3 Å². The molecule has 0 saturated heterocycles. The van der Waals surface area contributed by atoms with Gasteiger partial charge in [0.15, 0.2) is 0 Å². The summed E-state index contributed by atoms with van der Waals surface area (Å²) in [6.07, 6.45) is 6.09. The quantitative estimate of drug-likeness (QED) is 0.700. The number of aromatic amines is 1. The van der Waals surface area contributed by atoms with Crippen molar-refractivity contribution in [1.82, 2.24) is 20.2 Å². The van der Waals surface area contributed by atoms with E-state index in [2.05, 4.69) is 15.3 Å². The summed E-state index contributed by atoms with van der Waals surface area (Å²) in [6.45, 7) is 0.297. The van der Waals surface area contributed by atoms with Crippen LogP contribution in [-0.4, -0.2) is 39.8 Å². The molecule has 1 saturated carbocycles. The molecule has 2 heterocycles. The molecule has 7 nitrogen and oxygen atoms in total. The van der Waals surface area contributed by atoms with Crippen LogP contribution in [0.25, 0.3) is 10.9 Å². The maximum absolute atomic E-state index is 12.9. The molecule has 1 aromatic carbocycles. The van der Waals surface area contributed by atoms with E-state index in [1.54, 1.807) is 13.2 Å². The van der Waals surface area contributed by atoms with Crippen molar-refractivity contribution >= 4 is 22.7 Å². The largest absolute Gasteiger partial charge is 0.349 e. The summed E-state index contributed by atoms with van der Waals surface area (Å²) in [5.41, 5.74) is 1.41. The fourth-order valence-corrected chi connectivity index (χ4v) is 3.42. The van der Waals surface area contributed by atoms with Crippen LogP contribution in [0.4, 0.5) is 0 Å². The van der Waals surface area contributed by atoms with Crippen molar-refractivity contribution in [2.24, 2.45) is 0 Å². The van der Waals surface area contributed by atoms with Gasteiger partial charge in [0, 0.05) is 37.4 Å². The second-order valence-electron chi connectivity index (χ2n) is 7.39. The molecule has 1 aliphatic rings. The summed E-state index contributed by atoms with van der Waals surface area (Å²) in [5.74, 6) is -0.724. The Bertz CT molecular complexity index is 1130. The molecule has 0 unspecified atom stereocenters. The predicted octanol–water partition coefficient (Wildman–Crippen LogP) is 2.48. The van der Waals surface area contributed by atoms with Crippen molar-refractivity contribution in [3.63, 3.8) is 0 Å². The Kier molecular flexibility index (Phi) is 5.12. The number of pyridine rings is 2. The number of fused-ring (bicyclic) bond motifs is 1. The lowest BCUT2D eigenvalue weighted by atomic mass is 9.93. The van der Waals surface area contributed by atoms with Gasteiger partial charge < -0.3 is 15.2 Å². The summed E-state index contributed by atoms with van der Waals surface area (Å²) < 4.78 is 0. The first kappa shape index (κ1) is 18.9. The van der Waals surface area contributed by atoms with Crippen molar-refractivity contribution in [3.8, 4) is 0 Å². The minimum atomic E-state index is -0.516. The molecule has 0 atom stereocenters. The van der Waals surface area contributed by atoms with E-state index >= 15 is 0 Å². The number of hydrogen-bond acceptors (Lipinski definition) is 4. The third-order valence-electron chi connectivity index (χ3n) is 5.31. The van der Waals surface area contributed by atoms with Gasteiger partial charge in [0.2, 0.25) is 0 Å². The molecule has 2 aromatic heterocycles. The number of carbonyl (C=O) groups excluding carboxylic acids is 2. The van der Waals surface area contributed by atoms with Gasteiger partial charge in [-0.3, -0.25) is 19.4 Å². The van der Waals surface area contributed by atoms with Gasteiger partial charge in [-0.25, -0.2) is 0 Å². The van der Waals surface area contributed by atoms with Crippen molar-refractivity contribution in [3.05, 3.63) is 75.8 Å². The Morgan fingerprint density at radius 2 is 2.03 bits per heavy atom. The van der Waals surface area contributed by atoms with Crippen LogP contribution >= 0.6 is 0 Å². The third kappa shape index (κ3) is 3.89. The summed E-state index contributed by atoms with van der Waals surface area (Å²) >= 11 is 0. The fourth-order valence-electron chi connectivity index (χ4n) is 3.42. The zero-order chi connectivity index (χ0) is 20.4. The first-order chi connectivity index (χ1) is 14.0. The van der Waals surface area contributed by atoms with Crippen LogP contribution in [0.15, 0.2) is 53.6 Å². The van der Waals surface area contributed by atoms with E-state index < -0.39 is 11.5 Å². The van der Waals surface area contributed by atoms with Crippen LogP contribution in [-0.2, 0) is 6.54 Å². The highest BCUT2D eigenvalue weighted by atomic mass is 16.2. The number of H-pyrrole nitrogens is 1. The van der Waals surface area contributed by atoms with Gasteiger partial charge in [0.25, 0.3) is 17.4 Å². The standard InChI is InChI=1S/C22H22N4O3/c1-26(13-15-6-2-5-14-7-4-10-23-19(14)15)22(29)18-11-16(12-24-21(18)28)20(27)25-17-8-3-9-17/h2,4-7,10-12,17H,3,8-9,13H2,1H3,(H,24,28)(H,25,27). The summed E-state index contributed by atoms with van der Waals surface area (Å²) in [5, 5.41) is 3.90. The van der Waals surface area contributed by atoms with E-state index in [0.717, 1.165) is 35.7 Å². The summed E-state index contributed by atoms with van der Waals surface area (Å²) in [7, 11) is 1.63. The molecular weight excluding hydrogens is 368 g/mol. The highest BCUT2D eigenvalue weighted by molar-refractivity contribution is 5.99. The number of amides is 2. The molecule has 7 heteroatoms. The topological polar surface area (TPSA) is 95.2 Å². The van der Waals surface area contributed by atoms with E-state index in [9.17, 15) is 14.4 Å². The normalized spacial score (nSPS) is 13.7. The number of para-hydroxylation sites is 1. The van der Waals surface area contributed by atoms with E-state index in [-0.39, 0.29) is 23.1 Å². The number of hydrogen-bond donors (Lipinski definition) is 2. The number of aromatic nitrogens is 2. The average Bonchev–Trinajstić information content (AvgIpc) is 2.70. The van der Waals surface area contributed by atoms with Crippen molar-refractivity contribution in [2.45, 2.75) is 31.8 Å². The smallest absolute Gasteiger partial charge is 0.260 e. The molecule has 2 amide bonds. The molecular formula is C22H22N4O3. The number of benzene rings is 1. The number of nitrogens with zero attached hydrogens (tertiary/aromatic N) is 2. The molecule has 1 aliphatic carbocycles. The molecule has 29 heavy (non-hydrogen) atoms. The van der Waals surface area contributed by atoms with Gasteiger partial charge >= 0.3 is 0 Å². The lowest BCUT2D eigenvalue weighted by Gasteiger charge is -2.26. The van der Waals surface area contributed by atoms with E-state index in [1.807, 2.05) is 30.3 Å². The second-order valence-corrected chi connectivity index (χ2v) is 7.39. The van der Waals surface area contributed by atoms with Crippen LogP contribution in [0.1, 0.15) is 45.5 Å². The molecule has 0 bridgehead atoms. The van der Waals surface area contributed by atoms with E-state index in [0.29, 0.717) is 6.54 Å². The zero-order valence-corrected chi connectivity index (χ0v) is 16.1. The van der Waals surface area contributed by atoms with Crippen molar-refractivity contribution in [1.29, 1.82) is 0 Å². The van der Waals surface area contributed by atoms with Crippen LogP contribution in [0, 0.1) is 0 Å². The fraction of sp³-hybridized carbons (Fsp3) is 0.273. The second kappa shape index (κ2) is 7.87. The monoisotopic (exact) mass is 390 g/mol. The summed E-state index contributed by atoms with van der Waals surface area (Å²) in [6, 6.07) is 11.1. The van der Waals surface area contributed by atoms with Gasteiger partial charge in [0.05, 0.1) is 11.1 Å². The highest BCUT2D eigenvalue weighted by Gasteiger charge is 2.22. The van der Waals surface area contributed by atoms with Crippen LogP contribution in [0.3, 0.4) is 0 Å². The number of carbonyl (C=O) groups is 2. The first-order valence-electron chi connectivity index (χ1n) is 9.64. The molecule has 1 fully saturated rings. The molecule has 3 aromatic rings. The van der Waals surface area contributed by atoms with Gasteiger partial charge in [-0.05, 0) is 37.0 Å². The van der Waals surface area contributed by atoms with Gasteiger partial charge in [-0.2, -0.15) is 0 Å². The van der Waals surface area contributed by atoms with Crippen LogP contribution in [0.5, 0.6) is 0 Å². The SMILES string of the molecule is CN(Cc1cccc2cccnc12)C(=O)c1cc(C(=O)NC2CCC2)c[nH]c1=O. The third-order valence-corrected chi connectivity index (χ3v) is 5.31. The molecule has 0 aliphatic heterocycles. The number of rotatable bonds is 5. The minimum absolute atomic E-state index is 0.0537. The zero-order valence-electron chi connectivity index (χ0n) is 16.1. The maximum Gasteiger partial charge on any atom is 0.260 e. The first-order valence-corrected chi connectivity index (χ1v) is 9.64. The Morgan fingerprint density at radius 1 is 1.24 bits per heavy atom. The Morgan fingerprint density at radius 3 is 2.79 bits per heavy atom. The minimum Gasteiger partial charge on any atom is -0.349 e. The van der Waals surface area contributed by atoms with Crippen LogP contribution < -0.4 is 10.9 Å². The summed E-state index contributed by atoms with van der Waals surface area (Å²) in [4.78, 5) is 45.9. The molecule has 4 rings (SSSR count). The Balaban J connectivity index is 1.55. The molecule has 2 N–H and O–H groups in total. The van der Waals surface area contributed by atoms with Crippen molar-refractivity contribution < 1.29 is 9.59 Å². The Hall–Kier alpha value is -3.48. The molecule has 0 spiro atoms.